The van der Waals surface area contributed by atoms with Crippen LogP contribution in [0.5, 0.6) is 0 Å². The Labute approximate surface area is 252 Å². The predicted octanol–water partition coefficient (Wildman–Crippen LogP) is 4.32. The number of morpholine rings is 1. The monoisotopic (exact) mass is 606 g/mol. The molecule has 230 valence electrons. The molecule has 0 atom stereocenters. The summed E-state index contributed by atoms with van der Waals surface area (Å²) in [5, 5.41) is 0. The van der Waals surface area contributed by atoms with Crippen molar-refractivity contribution in [3.05, 3.63) is 122 Å². The minimum atomic E-state index is -1.37. The first-order chi connectivity index (χ1) is 21.1. The van der Waals surface area contributed by atoms with Crippen molar-refractivity contribution in [3.8, 4) is 11.4 Å². The van der Waals surface area contributed by atoms with Crippen LogP contribution in [0.25, 0.3) is 11.4 Å². The van der Waals surface area contributed by atoms with E-state index in [1.54, 1.807) is 48.5 Å². The van der Waals surface area contributed by atoms with Crippen LogP contribution >= 0.6 is 0 Å². The lowest BCUT2D eigenvalue weighted by Crippen LogP contribution is -2.44. The number of amides is 1. The normalized spacial score (nSPS) is 13.7. The zero-order valence-electron chi connectivity index (χ0n) is 24.6. The van der Waals surface area contributed by atoms with E-state index >= 15 is 0 Å². The van der Waals surface area contributed by atoms with Crippen LogP contribution in [0.1, 0.15) is 23.1 Å². The van der Waals surface area contributed by atoms with Crippen LogP contribution < -0.4 is 16.1 Å². The predicted molar refractivity (Wildman–Crippen MR) is 161 cm³/mol. The molecule has 1 saturated heterocycles. The Morgan fingerprint density at radius 3 is 1.98 bits per heavy atom. The topological polar surface area (TPSA) is 76.8 Å². The molecule has 0 unspecified atom stereocenters. The van der Waals surface area contributed by atoms with Gasteiger partial charge in [-0.3, -0.25) is 19.4 Å². The van der Waals surface area contributed by atoms with Crippen molar-refractivity contribution in [1.82, 2.24) is 14.0 Å². The standard InChI is InChI=1S/C33H33F3N4O4/c1-22-4-8-25(9-5-22)39-30(21-32(42)40(33(39)43)26-10-6-23(2)7-11-26)38(13-3-12-37-14-16-44-17-15-37)31(41)19-24-18-28(35)29(36)20-27(24)34/h4-11,18,20-21H,3,12-17,19H2,1-2H3. The molecule has 0 radical (unpaired) electrons. The number of halogens is 3. The lowest BCUT2D eigenvalue weighted by molar-refractivity contribution is -0.118. The smallest absolute Gasteiger partial charge is 0.341 e. The molecule has 2 heterocycles. The maximum Gasteiger partial charge on any atom is 0.341 e. The first-order valence-corrected chi connectivity index (χ1v) is 14.4. The Balaban J connectivity index is 1.62. The number of rotatable bonds is 9. The van der Waals surface area contributed by atoms with E-state index in [2.05, 4.69) is 4.90 Å². The molecule has 1 fully saturated rings. The van der Waals surface area contributed by atoms with Gasteiger partial charge in [-0.15, -0.1) is 0 Å². The summed E-state index contributed by atoms with van der Waals surface area (Å²) in [7, 11) is 0. The molecule has 4 aromatic rings. The highest BCUT2D eigenvalue weighted by Crippen LogP contribution is 2.22. The van der Waals surface area contributed by atoms with Gasteiger partial charge in [-0.2, -0.15) is 0 Å². The largest absolute Gasteiger partial charge is 0.379 e. The molecule has 44 heavy (non-hydrogen) atoms. The molecule has 8 nitrogen and oxygen atoms in total. The minimum Gasteiger partial charge on any atom is -0.379 e. The van der Waals surface area contributed by atoms with Gasteiger partial charge in [0.15, 0.2) is 11.6 Å². The van der Waals surface area contributed by atoms with Crippen LogP contribution in [0.15, 0.2) is 76.3 Å². The number of aryl methyl sites for hydroxylation is 2. The molecule has 3 aromatic carbocycles. The van der Waals surface area contributed by atoms with Crippen LogP contribution in [0.3, 0.4) is 0 Å². The van der Waals surface area contributed by atoms with Gasteiger partial charge in [0, 0.05) is 43.9 Å². The molecule has 0 spiro atoms. The minimum absolute atomic E-state index is 0.0119. The van der Waals surface area contributed by atoms with Crippen LogP contribution in [0.2, 0.25) is 0 Å². The average Bonchev–Trinajstić information content (AvgIpc) is 3.00. The molecule has 11 heteroatoms. The van der Waals surface area contributed by atoms with Crippen LogP contribution in [0, 0.1) is 31.3 Å². The average molecular weight is 607 g/mol. The maximum atomic E-state index is 14.6. The Hall–Kier alpha value is -4.48. The quantitative estimate of drug-likeness (QED) is 0.266. The van der Waals surface area contributed by atoms with Gasteiger partial charge < -0.3 is 4.74 Å². The highest BCUT2D eigenvalue weighted by molar-refractivity contribution is 5.94. The molecule has 0 saturated carbocycles. The molecule has 0 bridgehead atoms. The van der Waals surface area contributed by atoms with Gasteiger partial charge >= 0.3 is 5.69 Å². The van der Waals surface area contributed by atoms with Crippen molar-refractivity contribution in [1.29, 1.82) is 0 Å². The van der Waals surface area contributed by atoms with Gasteiger partial charge in [0.1, 0.15) is 11.6 Å². The number of carbonyl (C=O) groups is 1. The molecule has 0 N–H and O–H groups in total. The first kappa shape index (κ1) is 31.0. The highest BCUT2D eigenvalue weighted by atomic mass is 19.2. The second-order valence-corrected chi connectivity index (χ2v) is 10.9. The molecular formula is C33H33F3N4O4. The summed E-state index contributed by atoms with van der Waals surface area (Å²) in [5.74, 6) is -4.43. The van der Waals surface area contributed by atoms with E-state index in [4.69, 9.17) is 4.74 Å². The van der Waals surface area contributed by atoms with Crippen molar-refractivity contribution in [2.45, 2.75) is 26.7 Å². The summed E-state index contributed by atoms with van der Waals surface area (Å²) in [6, 6.07) is 16.1. The van der Waals surface area contributed by atoms with E-state index < -0.39 is 41.0 Å². The maximum absolute atomic E-state index is 14.6. The third-order valence-electron chi connectivity index (χ3n) is 7.64. The van der Waals surface area contributed by atoms with Crippen LogP contribution in [0.4, 0.5) is 19.0 Å². The van der Waals surface area contributed by atoms with Crippen LogP contribution in [-0.4, -0.2) is 59.3 Å². The van der Waals surface area contributed by atoms with Crippen molar-refractivity contribution >= 4 is 11.7 Å². The van der Waals surface area contributed by atoms with E-state index in [9.17, 15) is 27.6 Å². The molecule has 1 aliphatic rings. The number of anilines is 1. The van der Waals surface area contributed by atoms with Gasteiger partial charge in [-0.05, 0) is 50.6 Å². The molecule has 1 amide bonds. The fourth-order valence-corrected chi connectivity index (χ4v) is 5.20. The van der Waals surface area contributed by atoms with Crippen molar-refractivity contribution in [3.63, 3.8) is 0 Å². The molecule has 1 aromatic heterocycles. The van der Waals surface area contributed by atoms with Crippen molar-refractivity contribution < 1.29 is 22.7 Å². The van der Waals surface area contributed by atoms with E-state index in [0.717, 1.165) is 15.7 Å². The number of aromatic nitrogens is 2. The second-order valence-electron chi connectivity index (χ2n) is 10.9. The summed E-state index contributed by atoms with van der Waals surface area (Å²) < 4.78 is 50.0. The summed E-state index contributed by atoms with van der Waals surface area (Å²) in [5.41, 5.74) is 0.923. The zero-order valence-corrected chi connectivity index (χ0v) is 24.6. The van der Waals surface area contributed by atoms with Gasteiger partial charge in [0.25, 0.3) is 5.56 Å². The molecular weight excluding hydrogens is 573 g/mol. The first-order valence-electron chi connectivity index (χ1n) is 14.4. The number of hydrogen-bond donors (Lipinski definition) is 0. The SMILES string of the molecule is Cc1ccc(-n2c(N(CCCN3CCOCC3)C(=O)Cc3cc(F)c(F)cc3F)cc(=O)n(-c3ccc(C)cc3)c2=O)cc1. The van der Waals surface area contributed by atoms with E-state index in [1.807, 2.05) is 13.8 Å². The molecule has 0 aliphatic carbocycles. The van der Waals surface area contributed by atoms with Crippen LogP contribution in [-0.2, 0) is 16.0 Å². The fraction of sp³-hybridized carbons (Fsp3) is 0.303. The Morgan fingerprint density at radius 1 is 0.795 bits per heavy atom. The molecule has 5 rings (SSSR count). The summed E-state index contributed by atoms with van der Waals surface area (Å²) >= 11 is 0. The third kappa shape index (κ3) is 6.84. The Kier molecular flexibility index (Phi) is 9.46. The third-order valence-corrected chi connectivity index (χ3v) is 7.64. The van der Waals surface area contributed by atoms with Gasteiger partial charge in [-0.25, -0.2) is 27.1 Å². The van der Waals surface area contributed by atoms with Crippen molar-refractivity contribution in [2.75, 3.05) is 44.3 Å². The van der Waals surface area contributed by atoms with E-state index in [-0.39, 0.29) is 17.9 Å². The lowest BCUT2D eigenvalue weighted by atomic mass is 10.1. The summed E-state index contributed by atoms with van der Waals surface area (Å²) in [4.78, 5) is 45.0. The Bertz CT molecular complexity index is 1760. The van der Waals surface area contributed by atoms with Gasteiger partial charge in [-0.1, -0.05) is 35.4 Å². The number of carbonyl (C=O) groups excluding carboxylic acids is 1. The van der Waals surface area contributed by atoms with E-state index in [1.165, 1.54) is 15.5 Å². The molecule has 1 aliphatic heterocycles. The number of nitrogens with zero attached hydrogens (tertiary/aromatic N) is 4. The Morgan fingerprint density at radius 2 is 1.36 bits per heavy atom. The lowest BCUT2D eigenvalue weighted by Gasteiger charge is -2.29. The van der Waals surface area contributed by atoms with Gasteiger partial charge in [0.05, 0.1) is 31.0 Å². The second kappa shape index (κ2) is 13.4. The van der Waals surface area contributed by atoms with Crippen molar-refractivity contribution in [2.24, 2.45) is 0 Å². The number of ether oxygens (including phenoxy) is 1. The van der Waals surface area contributed by atoms with E-state index in [0.29, 0.717) is 62.8 Å². The fourth-order valence-electron chi connectivity index (χ4n) is 5.20. The number of hydrogen-bond acceptors (Lipinski definition) is 5. The van der Waals surface area contributed by atoms with Gasteiger partial charge in [0.2, 0.25) is 5.91 Å². The highest BCUT2D eigenvalue weighted by Gasteiger charge is 2.26. The summed E-state index contributed by atoms with van der Waals surface area (Å²) in [6.45, 7) is 7.05. The zero-order chi connectivity index (χ0) is 31.4. The summed E-state index contributed by atoms with van der Waals surface area (Å²) in [6.07, 6.45) is -0.168. The number of benzene rings is 3.